The van der Waals surface area contributed by atoms with Gasteiger partial charge in [-0.25, -0.2) is 0 Å². The van der Waals surface area contributed by atoms with Crippen LogP contribution in [0.15, 0.2) is 18.2 Å². The summed E-state index contributed by atoms with van der Waals surface area (Å²) in [5.41, 5.74) is 6.03. The molecule has 1 aromatic rings. The molecule has 1 rings (SSSR count). The summed E-state index contributed by atoms with van der Waals surface area (Å²) in [4.78, 5) is 10.7. The van der Waals surface area contributed by atoms with Crippen molar-refractivity contribution in [1.29, 1.82) is 0 Å². The quantitative estimate of drug-likeness (QED) is 0.707. The summed E-state index contributed by atoms with van der Waals surface area (Å²) >= 11 is 5.79. The fourth-order valence-corrected chi connectivity index (χ4v) is 1.31. The van der Waals surface area contributed by atoms with E-state index < -0.39 is 18.1 Å². The molecule has 1 amide bonds. The lowest BCUT2D eigenvalue weighted by Crippen LogP contribution is -2.33. The number of benzene rings is 1. The van der Waals surface area contributed by atoms with E-state index in [2.05, 4.69) is 0 Å². The molecule has 0 spiro atoms. The molecule has 0 saturated heterocycles. The topological polar surface area (TPSA) is 83.6 Å². The van der Waals surface area contributed by atoms with Crippen molar-refractivity contribution < 1.29 is 15.0 Å². The predicted molar refractivity (Wildman–Crippen MR) is 56.4 cm³/mol. The molecule has 4 N–H and O–H groups in total. The molecule has 0 fully saturated rings. The fraction of sp³-hybridized carbons (Fsp3) is 0.300. The van der Waals surface area contributed by atoms with E-state index in [4.69, 9.17) is 17.3 Å². The number of halogens is 1. The van der Waals surface area contributed by atoms with Gasteiger partial charge >= 0.3 is 0 Å². The summed E-state index contributed by atoms with van der Waals surface area (Å²) in [6, 6.07) is 4.72. The SMILES string of the molecule is Cc1cc(C(O)C(O)C(N)=O)ccc1Cl. The minimum Gasteiger partial charge on any atom is -0.385 e. The molecule has 1 aromatic carbocycles. The van der Waals surface area contributed by atoms with Gasteiger partial charge in [-0.2, -0.15) is 0 Å². The number of primary amides is 1. The zero-order valence-electron chi connectivity index (χ0n) is 8.14. The van der Waals surface area contributed by atoms with E-state index in [-0.39, 0.29) is 0 Å². The zero-order valence-corrected chi connectivity index (χ0v) is 8.90. The number of aliphatic hydroxyl groups is 2. The van der Waals surface area contributed by atoms with Crippen molar-refractivity contribution in [2.24, 2.45) is 5.73 Å². The second kappa shape index (κ2) is 4.61. The van der Waals surface area contributed by atoms with E-state index in [1.165, 1.54) is 6.07 Å². The molecule has 5 heteroatoms. The number of amides is 1. The number of hydrogen-bond donors (Lipinski definition) is 3. The zero-order chi connectivity index (χ0) is 11.6. The molecule has 0 aromatic heterocycles. The summed E-state index contributed by atoms with van der Waals surface area (Å²) in [5, 5.41) is 19.4. The van der Waals surface area contributed by atoms with Gasteiger partial charge < -0.3 is 15.9 Å². The molecule has 0 radical (unpaired) electrons. The molecular weight excluding hydrogens is 218 g/mol. The monoisotopic (exact) mass is 229 g/mol. The Morgan fingerprint density at radius 2 is 2.07 bits per heavy atom. The van der Waals surface area contributed by atoms with Crippen LogP contribution in [0.25, 0.3) is 0 Å². The van der Waals surface area contributed by atoms with Gasteiger partial charge in [0.1, 0.15) is 6.10 Å². The van der Waals surface area contributed by atoms with Crippen LogP contribution >= 0.6 is 11.6 Å². The highest BCUT2D eigenvalue weighted by Crippen LogP contribution is 2.22. The standard InChI is InChI=1S/C10H12ClNO3/c1-5-4-6(2-3-7(5)11)8(13)9(14)10(12)15/h2-4,8-9,13-14H,1H3,(H2,12,15). The minimum absolute atomic E-state index is 0.406. The summed E-state index contributed by atoms with van der Waals surface area (Å²) < 4.78 is 0. The highest BCUT2D eigenvalue weighted by atomic mass is 35.5. The van der Waals surface area contributed by atoms with E-state index >= 15 is 0 Å². The van der Waals surface area contributed by atoms with Crippen LogP contribution in [0, 0.1) is 6.92 Å². The van der Waals surface area contributed by atoms with Crippen molar-refractivity contribution in [1.82, 2.24) is 0 Å². The molecule has 0 saturated carbocycles. The van der Waals surface area contributed by atoms with Gasteiger partial charge in [0.15, 0.2) is 6.10 Å². The average Bonchev–Trinajstić information content (AvgIpc) is 2.19. The highest BCUT2D eigenvalue weighted by molar-refractivity contribution is 6.31. The van der Waals surface area contributed by atoms with Crippen molar-refractivity contribution in [2.45, 2.75) is 19.1 Å². The first-order chi connectivity index (χ1) is 6.93. The molecule has 0 aliphatic rings. The van der Waals surface area contributed by atoms with Gasteiger partial charge in [-0.3, -0.25) is 4.79 Å². The normalized spacial score (nSPS) is 14.7. The Hall–Kier alpha value is -1.10. The van der Waals surface area contributed by atoms with E-state index in [0.29, 0.717) is 10.6 Å². The maximum Gasteiger partial charge on any atom is 0.249 e. The largest absolute Gasteiger partial charge is 0.385 e. The number of carbonyl (C=O) groups excluding carboxylic acids is 1. The van der Waals surface area contributed by atoms with E-state index in [9.17, 15) is 15.0 Å². The second-order valence-electron chi connectivity index (χ2n) is 3.30. The van der Waals surface area contributed by atoms with Crippen LogP contribution in [0.5, 0.6) is 0 Å². The lowest BCUT2D eigenvalue weighted by atomic mass is 10.0. The van der Waals surface area contributed by atoms with Crippen molar-refractivity contribution in [3.05, 3.63) is 34.3 Å². The van der Waals surface area contributed by atoms with Crippen LogP contribution in [0.3, 0.4) is 0 Å². The Kier molecular flexibility index (Phi) is 3.68. The maximum atomic E-state index is 10.7. The third-order valence-electron chi connectivity index (χ3n) is 2.11. The van der Waals surface area contributed by atoms with Gasteiger partial charge in [-0.15, -0.1) is 0 Å². The molecular formula is C10H12ClNO3. The summed E-state index contributed by atoms with van der Waals surface area (Å²) in [6.45, 7) is 1.76. The van der Waals surface area contributed by atoms with Crippen molar-refractivity contribution >= 4 is 17.5 Å². The predicted octanol–water partition coefficient (Wildman–Crippen LogP) is 0.528. The van der Waals surface area contributed by atoms with Gasteiger partial charge in [-0.05, 0) is 24.1 Å². The fourth-order valence-electron chi connectivity index (χ4n) is 1.19. The van der Waals surface area contributed by atoms with E-state index in [1.54, 1.807) is 19.1 Å². The Labute approximate surface area is 92.3 Å². The lowest BCUT2D eigenvalue weighted by molar-refractivity contribution is -0.131. The van der Waals surface area contributed by atoms with Crippen LogP contribution in [-0.2, 0) is 4.79 Å². The molecule has 15 heavy (non-hydrogen) atoms. The first-order valence-corrected chi connectivity index (χ1v) is 4.72. The van der Waals surface area contributed by atoms with E-state index in [0.717, 1.165) is 5.56 Å². The number of hydrogen-bond acceptors (Lipinski definition) is 3. The molecule has 82 valence electrons. The first-order valence-electron chi connectivity index (χ1n) is 4.35. The molecule has 0 heterocycles. The van der Waals surface area contributed by atoms with Crippen molar-refractivity contribution in [3.8, 4) is 0 Å². The van der Waals surface area contributed by atoms with Gasteiger partial charge in [-0.1, -0.05) is 23.7 Å². The lowest BCUT2D eigenvalue weighted by Gasteiger charge is -2.15. The molecule has 0 aliphatic heterocycles. The summed E-state index contributed by atoms with van der Waals surface area (Å²) in [6.07, 6.45) is -2.93. The van der Waals surface area contributed by atoms with Crippen molar-refractivity contribution in [2.75, 3.05) is 0 Å². The molecule has 2 unspecified atom stereocenters. The van der Waals surface area contributed by atoms with Crippen molar-refractivity contribution in [3.63, 3.8) is 0 Å². The smallest absolute Gasteiger partial charge is 0.249 e. The average molecular weight is 230 g/mol. The molecule has 4 nitrogen and oxygen atoms in total. The van der Waals surface area contributed by atoms with Gasteiger partial charge in [0.2, 0.25) is 5.91 Å². The van der Waals surface area contributed by atoms with Gasteiger partial charge in [0.25, 0.3) is 0 Å². The van der Waals surface area contributed by atoms with Crippen LogP contribution in [0.4, 0.5) is 0 Å². The summed E-state index contributed by atoms with van der Waals surface area (Å²) in [7, 11) is 0. The number of nitrogens with two attached hydrogens (primary N) is 1. The number of rotatable bonds is 3. The van der Waals surface area contributed by atoms with Crippen LogP contribution in [-0.4, -0.2) is 22.2 Å². The molecule has 2 atom stereocenters. The first kappa shape index (κ1) is 12.0. The minimum atomic E-state index is -1.61. The number of carbonyl (C=O) groups is 1. The van der Waals surface area contributed by atoms with Gasteiger partial charge in [0.05, 0.1) is 0 Å². The van der Waals surface area contributed by atoms with Crippen LogP contribution in [0.1, 0.15) is 17.2 Å². The van der Waals surface area contributed by atoms with E-state index in [1.807, 2.05) is 0 Å². The third kappa shape index (κ3) is 2.68. The Bertz CT molecular complexity index is 381. The Balaban J connectivity index is 2.96. The van der Waals surface area contributed by atoms with Crippen LogP contribution < -0.4 is 5.73 Å². The second-order valence-corrected chi connectivity index (χ2v) is 3.71. The maximum absolute atomic E-state index is 10.7. The Morgan fingerprint density at radius 1 is 1.47 bits per heavy atom. The third-order valence-corrected chi connectivity index (χ3v) is 2.54. The number of aliphatic hydroxyl groups excluding tert-OH is 2. The summed E-state index contributed by atoms with van der Waals surface area (Å²) in [5.74, 6) is -0.963. The number of aryl methyl sites for hydroxylation is 1. The van der Waals surface area contributed by atoms with Crippen LogP contribution in [0.2, 0.25) is 5.02 Å². The molecule has 0 bridgehead atoms. The molecule has 0 aliphatic carbocycles. The Morgan fingerprint density at radius 3 is 2.53 bits per heavy atom. The highest BCUT2D eigenvalue weighted by Gasteiger charge is 2.23. The van der Waals surface area contributed by atoms with Gasteiger partial charge in [0, 0.05) is 5.02 Å².